The number of anilines is 1. The molecule has 1 amide bonds. The Labute approximate surface area is 90.7 Å². The molecule has 1 heterocycles. The van der Waals surface area contributed by atoms with Crippen LogP contribution in [0.25, 0.3) is 0 Å². The van der Waals surface area contributed by atoms with Gasteiger partial charge in [0.05, 0.1) is 5.00 Å². The second kappa shape index (κ2) is 4.90. The van der Waals surface area contributed by atoms with Gasteiger partial charge in [-0.05, 0) is 19.1 Å². The largest absolute Gasteiger partial charge is 0.477 e. The maximum Gasteiger partial charge on any atom is 0.345 e. The van der Waals surface area contributed by atoms with Crippen LogP contribution < -0.4 is 5.32 Å². The van der Waals surface area contributed by atoms with Gasteiger partial charge in [-0.15, -0.1) is 11.3 Å². The third-order valence-corrected chi connectivity index (χ3v) is 2.77. The number of amides is 1. The molecule has 1 aromatic heterocycles. The van der Waals surface area contributed by atoms with Crippen LogP contribution in [-0.2, 0) is 9.53 Å². The van der Waals surface area contributed by atoms with E-state index in [0.717, 1.165) is 11.3 Å². The molecule has 0 spiro atoms. The maximum atomic E-state index is 11.3. The van der Waals surface area contributed by atoms with E-state index in [1.54, 1.807) is 13.0 Å². The topological polar surface area (TPSA) is 75.6 Å². The molecule has 0 aliphatic rings. The van der Waals surface area contributed by atoms with Crippen LogP contribution in [0.3, 0.4) is 0 Å². The average Bonchev–Trinajstić information content (AvgIpc) is 2.65. The van der Waals surface area contributed by atoms with Gasteiger partial charge in [-0.2, -0.15) is 0 Å². The number of carboxylic acid groups (broad SMARTS) is 1. The van der Waals surface area contributed by atoms with Crippen molar-refractivity contribution in [3.8, 4) is 0 Å². The summed E-state index contributed by atoms with van der Waals surface area (Å²) >= 11 is 1.01. The Kier molecular flexibility index (Phi) is 3.81. The number of carbonyl (C=O) groups is 2. The van der Waals surface area contributed by atoms with E-state index in [4.69, 9.17) is 9.84 Å². The zero-order valence-corrected chi connectivity index (χ0v) is 9.13. The van der Waals surface area contributed by atoms with E-state index >= 15 is 0 Å². The molecule has 1 atom stereocenters. The lowest BCUT2D eigenvalue weighted by Gasteiger charge is -2.08. The molecule has 1 aromatic rings. The van der Waals surface area contributed by atoms with Crippen LogP contribution in [0.1, 0.15) is 16.6 Å². The van der Waals surface area contributed by atoms with Gasteiger partial charge in [-0.25, -0.2) is 4.79 Å². The SMILES string of the molecule is COC(C)C(=O)Nc1ccc(C(=O)O)s1. The molecule has 15 heavy (non-hydrogen) atoms. The number of aromatic carboxylic acids is 1. The molecule has 1 rings (SSSR count). The van der Waals surface area contributed by atoms with Crippen molar-refractivity contribution in [3.05, 3.63) is 17.0 Å². The van der Waals surface area contributed by atoms with Crippen molar-refractivity contribution in [2.24, 2.45) is 0 Å². The zero-order chi connectivity index (χ0) is 11.4. The lowest BCUT2D eigenvalue weighted by molar-refractivity contribution is -0.124. The Morgan fingerprint density at radius 2 is 2.20 bits per heavy atom. The monoisotopic (exact) mass is 229 g/mol. The van der Waals surface area contributed by atoms with Crippen LogP contribution in [0.4, 0.5) is 5.00 Å². The zero-order valence-electron chi connectivity index (χ0n) is 8.31. The first-order valence-electron chi connectivity index (χ1n) is 4.21. The molecule has 0 aromatic carbocycles. The standard InChI is InChI=1S/C9H11NO4S/c1-5(14-2)8(11)10-7-4-3-6(15-7)9(12)13/h3-5H,1-2H3,(H,10,11)(H,12,13). The molecule has 0 saturated carbocycles. The molecule has 2 N–H and O–H groups in total. The molecule has 5 nitrogen and oxygen atoms in total. The maximum absolute atomic E-state index is 11.3. The Morgan fingerprint density at radius 1 is 1.53 bits per heavy atom. The van der Waals surface area contributed by atoms with Gasteiger partial charge in [0.2, 0.25) is 0 Å². The van der Waals surface area contributed by atoms with Crippen LogP contribution in [0.2, 0.25) is 0 Å². The van der Waals surface area contributed by atoms with Gasteiger partial charge in [0.15, 0.2) is 0 Å². The highest BCUT2D eigenvalue weighted by Crippen LogP contribution is 2.21. The molecular formula is C9H11NO4S. The number of carbonyl (C=O) groups excluding carboxylic acids is 1. The minimum Gasteiger partial charge on any atom is -0.477 e. The first-order chi connectivity index (χ1) is 7.04. The Hall–Kier alpha value is -1.40. The van der Waals surface area contributed by atoms with E-state index in [1.165, 1.54) is 13.2 Å². The van der Waals surface area contributed by atoms with Gasteiger partial charge < -0.3 is 15.2 Å². The van der Waals surface area contributed by atoms with E-state index < -0.39 is 12.1 Å². The summed E-state index contributed by atoms with van der Waals surface area (Å²) in [7, 11) is 1.43. The van der Waals surface area contributed by atoms with E-state index in [9.17, 15) is 9.59 Å². The summed E-state index contributed by atoms with van der Waals surface area (Å²) in [5.74, 6) is -1.29. The Morgan fingerprint density at radius 3 is 2.67 bits per heavy atom. The summed E-state index contributed by atoms with van der Waals surface area (Å²) in [5.41, 5.74) is 0. The molecule has 82 valence electrons. The third-order valence-electron chi connectivity index (χ3n) is 1.79. The van der Waals surface area contributed by atoms with Gasteiger partial charge in [0.25, 0.3) is 5.91 Å². The van der Waals surface area contributed by atoms with E-state index in [-0.39, 0.29) is 10.8 Å². The normalized spacial score (nSPS) is 12.1. The fraction of sp³-hybridized carbons (Fsp3) is 0.333. The summed E-state index contributed by atoms with van der Waals surface area (Å²) in [6.07, 6.45) is -0.555. The van der Waals surface area contributed by atoms with Gasteiger partial charge >= 0.3 is 5.97 Å². The van der Waals surface area contributed by atoms with Gasteiger partial charge in [0.1, 0.15) is 11.0 Å². The van der Waals surface area contributed by atoms with Crippen LogP contribution in [-0.4, -0.2) is 30.2 Å². The van der Waals surface area contributed by atoms with Crippen LogP contribution in [0, 0.1) is 0 Å². The molecule has 6 heteroatoms. The minimum absolute atomic E-state index is 0.190. The smallest absolute Gasteiger partial charge is 0.345 e. The fourth-order valence-electron chi connectivity index (χ4n) is 0.850. The summed E-state index contributed by atoms with van der Waals surface area (Å²) in [6.45, 7) is 1.61. The van der Waals surface area contributed by atoms with Crippen molar-refractivity contribution in [2.45, 2.75) is 13.0 Å². The summed E-state index contributed by atoms with van der Waals surface area (Å²) < 4.78 is 4.81. The quantitative estimate of drug-likeness (QED) is 0.818. The highest BCUT2D eigenvalue weighted by atomic mass is 32.1. The predicted octanol–water partition coefficient (Wildman–Crippen LogP) is 1.42. The average molecular weight is 229 g/mol. The number of methoxy groups -OCH3 is 1. The second-order valence-electron chi connectivity index (χ2n) is 2.84. The van der Waals surface area contributed by atoms with Gasteiger partial charge in [-0.3, -0.25) is 4.79 Å². The molecule has 0 fully saturated rings. The van der Waals surface area contributed by atoms with Crippen LogP contribution in [0.5, 0.6) is 0 Å². The summed E-state index contributed by atoms with van der Waals surface area (Å²) in [5, 5.41) is 11.7. The van der Waals surface area contributed by atoms with Crippen molar-refractivity contribution in [3.63, 3.8) is 0 Å². The predicted molar refractivity (Wildman–Crippen MR) is 56.4 cm³/mol. The number of carboxylic acids is 1. The van der Waals surface area contributed by atoms with Crippen molar-refractivity contribution in [1.29, 1.82) is 0 Å². The molecule has 1 unspecified atom stereocenters. The Bertz CT molecular complexity index is 374. The highest BCUT2D eigenvalue weighted by molar-refractivity contribution is 7.18. The lowest BCUT2D eigenvalue weighted by atomic mass is 10.4. The van der Waals surface area contributed by atoms with Crippen LogP contribution in [0.15, 0.2) is 12.1 Å². The number of ether oxygens (including phenoxy) is 1. The molecule has 0 aliphatic heterocycles. The van der Waals surface area contributed by atoms with Crippen molar-refractivity contribution < 1.29 is 19.4 Å². The molecular weight excluding hydrogens is 218 g/mol. The first kappa shape index (κ1) is 11.7. The number of rotatable bonds is 4. The van der Waals surface area contributed by atoms with Crippen molar-refractivity contribution in [1.82, 2.24) is 0 Å². The number of hydrogen-bond donors (Lipinski definition) is 2. The van der Waals surface area contributed by atoms with Crippen molar-refractivity contribution in [2.75, 3.05) is 12.4 Å². The van der Waals surface area contributed by atoms with E-state index in [0.29, 0.717) is 5.00 Å². The third kappa shape index (κ3) is 3.03. The minimum atomic E-state index is -1.000. The number of nitrogens with one attached hydrogen (secondary N) is 1. The van der Waals surface area contributed by atoms with E-state index in [1.807, 2.05) is 0 Å². The Balaban J connectivity index is 2.65. The van der Waals surface area contributed by atoms with E-state index in [2.05, 4.69) is 5.32 Å². The number of thiophene rings is 1. The van der Waals surface area contributed by atoms with Crippen LogP contribution >= 0.6 is 11.3 Å². The molecule has 0 bridgehead atoms. The number of hydrogen-bond acceptors (Lipinski definition) is 4. The van der Waals surface area contributed by atoms with Crippen molar-refractivity contribution >= 4 is 28.2 Å². The molecule has 0 aliphatic carbocycles. The molecule has 0 saturated heterocycles. The highest BCUT2D eigenvalue weighted by Gasteiger charge is 2.13. The summed E-state index contributed by atoms with van der Waals surface area (Å²) in [6, 6.07) is 2.99. The van der Waals surface area contributed by atoms with Gasteiger partial charge in [0, 0.05) is 7.11 Å². The second-order valence-corrected chi connectivity index (χ2v) is 3.92. The first-order valence-corrected chi connectivity index (χ1v) is 5.03. The lowest BCUT2D eigenvalue weighted by Crippen LogP contribution is -2.26. The summed E-state index contributed by atoms with van der Waals surface area (Å²) in [4.78, 5) is 22.1. The van der Waals surface area contributed by atoms with Gasteiger partial charge in [-0.1, -0.05) is 0 Å². The fourth-order valence-corrected chi connectivity index (χ4v) is 1.60. The molecule has 0 radical (unpaired) electrons.